The monoisotopic (exact) mass is 1210 g/mol. The number of nitrogens with zero attached hydrogens (tertiary/aromatic N) is 4. The van der Waals surface area contributed by atoms with Crippen molar-refractivity contribution in [3.8, 4) is 68.7 Å². The van der Waals surface area contributed by atoms with E-state index in [0.29, 0.717) is 34.4 Å². The zero-order valence-electron chi connectivity index (χ0n) is 36.4. The summed E-state index contributed by atoms with van der Waals surface area (Å²) in [4.78, 5) is 8.71. The first-order valence-electron chi connectivity index (χ1n) is 20.6. The fourth-order valence-corrected chi connectivity index (χ4v) is 7.31. The van der Waals surface area contributed by atoms with E-state index in [2.05, 4.69) is 96.6 Å². The topological polar surface area (TPSA) is 54.1 Å². The third kappa shape index (κ3) is 11.0. The van der Waals surface area contributed by atoms with Crippen LogP contribution in [0.4, 0.5) is 0 Å². The Balaban J connectivity index is 0.000000209. The minimum absolute atomic E-state index is 0. The van der Waals surface area contributed by atoms with Crippen LogP contribution in [0.25, 0.3) is 55.2 Å². The summed E-state index contributed by atoms with van der Waals surface area (Å²) in [5.41, 5.74) is 12.3. The van der Waals surface area contributed by atoms with Crippen LogP contribution >= 0.6 is 0 Å². The van der Waals surface area contributed by atoms with E-state index >= 15 is 0 Å². The molecule has 330 valence electrons. The van der Waals surface area contributed by atoms with Crippen LogP contribution in [0.3, 0.4) is 0 Å². The number of hydrogen-bond donors (Lipinski definition) is 0. The van der Waals surface area contributed by atoms with Gasteiger partial charge in [-0.2, -0.15) is 12.1 Å². The Labute approximate surface area is 415 Å². The van der Waals surface area contributed by atoms with Gasteiger partial charge in [-0.3, -0.25) is 12.1 Å². The molecular weight excluding hydrogens is 1170 g/mol. The molecule has 0 bridgehead atoms. The molecule has 4 aromatic heterocycles. The summed E-state index contributed by atoms with van der Waals surface area (Å²) in [6, 6.07) is 68.9. The first-order chi connectivity index (χ1) is 31.3. The molecule has 6 nitrogen and oxygen atoms in total. The number of ether oxygens (including phenoxy) is 2. The second kappa shape index (κ2) is 22.6. The van der Waals surface area contributed by atoms with E-state index in [9.17, 15) is 0 Å². The van der Waals surface area contributed by atoms with Crippen LogP contribution in [0.15, 0.2) is 170 Å². The first-order valence-corrected chi connectivity index (χ1v) is 20.6. The molecule has 0 saturated carbocycles. The van der Waals surface area contributed by atoms with Crippen molar-refractivity contribution in [1.82, 2.24) is 19.1 Å². The Morgan fingerprint density at radius 2 is 0.848 bits per heavy atom. The summed E-state index contributed by atoms with van der Waals surface area (Å²) in [5, 5.41) is 2.42. The second-order valence-electron chi connectivity index (χ2n) is 14.7. The van der Waals surface area contributed by atoms with E-state index in [1.54, 1.807) is 45.8 Å². The van der Waals surface area contributed by atoms with Crippen molar-refractivity contribution in [1.29, 1.82) is 0 Å². The van der Waals surface area contributed by atoms with Crippen LogP contribution < -0.4 is 9.47 Å². The Morgan fingerprint density at radius 1 is 0.470 bits per heavy atom. The quantitative estimate of drug-likeness (QED) is 0.118. The van der Waals surface area contributed by atoms with Crippen LogP contribution in [0, 0.1) is 76.9 Å². The van der Waals surface area contributed by atoms with Crippen molar-refractivity contribution in [2.24, 2.45) is 0 Å². The molecule has 0 aliphatic carbocycles. The summed E-state index contributed by atoms with van der Waals surface area (Å²) in [7, 11) is 0. The number of aromatic nitrogens is 4. The van der Waals surface area contributed by atoms with Crippen molar-refractivity contribution < 1.29 is 51.6 Å². The van der Waals surface area contributed by atoms with Crippen molar-refractivity contribution in [3.05, 3.63) is 230 Å². The molecule has 6 aromatic carbocycles. The van der Waals surface area contributed by atoms with E-state index in [1.165, 1.54) is 21.9 Å². The van der Waals surface area contributed by atoms with Gasteiger partial charge < -0.3 is 66.8 Å². The summed E-state index contributed by atoms with van der Waals surface area (Å²) < 4.78 is 15.6. The summed E-state index contributed by atoms with van der Waals surface area (Å²) in [6.07, 6.45) is 17.9. The average molecular weight is 1220 g/mol. The van der Waals surface area contributed by atoms with Gasteiger partial charge in [0.05, 0.1) is 11.0 Å². The van der Waals surface area contributed by atoms with Gasteiger partial charge >= 0.3 is 0 Å². The molecule has 0 saturated heterocycles. The van der Waals surface area contributed by atoms with E-state index < -0.39 is 0 Å². The normalized spacial score (nSPS) is 10.2. The fraction of sp³-hybridized carbons (Fsp3) is 0.0690. The Morgan fingerprint density at radius 3 is 1.24 bits per heavy atom. The minimum Gasteiger partial charge on any atom is -0.669 e. The van der Waals surface area contributed by atoms with E-state index in [4.69, 9.17) is 22.3 Å². The molecule has 0 N–H and O–H groups in total. The second-order valence-corrected chi connectivity index (χ2v) is 14.7. The SMILES string of the molecule is [C-]#Cn1c(C)c(C)c2ccccc21.[C-]#Cn1c(C)c(C)c2ccccc21.[Pt].[Pt].[c-]1ccc(Oc2cc(-c3ccccc3)ccn2)[c-]c1-c1[c-]ccc(Oc2cc(-c3ccccc3)ccn2)[c-]1. The molecule has 0 amide bonds. The maximum Gasteiger partial charge on any atom is 0.216 e. The molecule has 0 aliphatic heterocycles. The zero-order valence-corrected chi connectivity index (χ0v) is 40.9. The van der Waals surface area contributed by atoms with Crippen molar-refractivity contribution in [2.45, 2.75) is 27.7 Å². The first kappa shape index (κ1) is 48.3. The van der Waals surface area contributed by atoms with Crippen molar-refractivity contribution >= 4 is 21.8 Å². The zero-order chi connectivity index (χ0) is 44.4. The molecule has 0 aliphatic rings. The third-order valence-electron chi connectivity index (χ3n) is 10.9. The summed E-state index contributed by atoms with van der Waals surface area (Å²) >= 11 is 0. The summed E-state index contributed by atoms with van der Waals surface area (Å²) in [6.45, 7) is 8.17. The summed E-state index contributed by atoms with van der Waals surface area (Å²) in [5.74, 6) is 1.99. The van der Waals surface area contributed by atoms with Crippen molar-refractivity contribution in [3.63, 3.8) is 0 Å². The van der Waals surface area contributed by atoms with E-state index in [-0.39, 0.29) is 42.1 Å². The number of benzene rings is 6. The van der Waals surface area contributed by atoms with E-state index in [0.717, 1.165) is 44.7 Å². The molecule has 10 aromatic rings. The van der Waals surface area contributed by atoms with Gasteiger partial charge in [0.2, 0.25) is 11.8 Å². The smallest absolute Gasteiger partial charge is 0.216 e. The molecule has 4 heterocycles. The predicted octanol–water partition coefficient (Wildman–Crippen LogP) is 13.6. The number of aryl methyl sites for hydroxylation is 2. The van der Waals surface area contributed by atoms with Gasteiger partial charge in [0.1, 0.15) is 0 Å². The van der Waals surface area contributed by atoms with Gasteiger partial charge in [-0.05, 0) is 85.3 Å². The maximum atomic E-state index is 7.19. The molecule has 66 heavy (non-hydrogen) atoms. The van der Waals surface area contributed by atoms with Gasteiger partial charge in [0, 0.05) is 88.8 Å². The number of hydrogen-bond acceptors (Lipinski definition) is 4. The molecule has 0 unspecified atom stereocenters. The molecule has 0 spiro atoms. The van der Waals surface area contributed by atoms with Crippen LogP contribution in [-0.2, 0) is 42.1 Å². The van der Waals surface area contributed by atoms with Crippen LogP contribution in [0.2, 0.25) is 0 Å². The molecule has 0 atom stereocenters. The Hall–Kier alpha value is -7.20. The fourth-order valence-electron chi connectivity index (χ4n) is 7.31. The molecule has 10 rings (SSSR count). The van der Waals surface area contributed by atoms with Crippen LogP contribution in [-0.4, -0.2) is 19.1 Å². The average Bonchev–Trinajstić information content (AvgIpc) is 3.75. The number of para-hydroxylation sites is 2. The molecule has 0 fully saturated rings. The van der Waals surface area contributed by atoms with Gasteiger partial charge in [-0.1, -0.05) is 109 Å². The van der Waals surface area contributed by atoms with Crippen molar-refractivity contribution in [2.75, 3.05) is 0 Å². The van der Waals surface area contributed by atoms with Crippen LogP contribution in [0.1, 0.15) is 22.5 Å². The molecule has 0 radical (unpaired) electrons. The van der Waals surface area contributed by atoms with Crippen LogP contribution in [0.5, 0.6) is 23.3 Å². The molecular formula is C58H40N4O2Pt2-6. The Bertz CT molecular complexity index is 3090. The number of rotatable bonds is 7. The number of pyridine rings is 2. The van der Waals surface area contributed by atoms with E-state index in [1.807, 2.05) is 111 Å². The predicted molar refractivity (Wildman–Crippen MR) is 255 cm³/mol. The minimum atomic E-state index is 0. The van der Waals surface area contributed by atoms with Gasteiger partial charge in [-0.25, -0.2) is 22.1 Å². The largest absolute Gasteiger partial charge is 0.669 e. The third-order valence-corrected chi connectivity index (χ3v) is 10.9. The molecule has 8 heteroatoms. The number of fused-ring (bicyclic) bond motifs is 2. The maximum absolute atomic E-state index is 7.19. The van der Waals surface area contributed by atoms with Gasteiger partial charge in [0.15, 0.2) is 0 Å². The van der Waals surface area contributed by atoms with Gasteiger partial charge in [0.25, 0.3) is 0 Å². The van der Waals surface area contributed by atoms with Gasteiger partial charge in [-0.15, -0.1) is 0 Å². The Kier molecular flexibility index (Phi) is 16.5. The standard InChI is InChI=1S/C34H20N2O2.2C12H10N.2Pt/c1-3-9-25(10-4-1)29-17-19-35-33(23-29)37-31-15-7-13-27(21-31)28-14-8-16-32(22-28)38-34-24-30(18-20-36-34)26-11-5-2-6-12-26;2*1-4-13-10(3)9(2)11-7-5-6-8-12(11)13;;/h1-12,15-20,23-24H;2*5-8H,2-3H3;;/q-4;2*-1;;.